The van der Waals surface area contributed by atoms with Crippen LogP contribution in [0.25, 0.3) is 72.8 Å². The smallest absolute Gasteiger partial charge is 0.160 e. The molecule has 1 N–H and O–H groups in total. The first-order valence-electron chi connectivity index (χ1n) is 17.8. The van der Waals surface area contributed by atoms with E-state index >= 15 is 0 Å². The molecule has 11 rings (SSSR count). The number of aromatic amines is 1. The first kappa shape index (κ1) is 29.1. The number of aromatic nitrogens is 3. The van der Waals surface area contributed by atoms with Crippen molar-refractivity contribution in [1.82, 2.24) is 15.0 Å². The van der Waals surface area contributed by atoms with Gasteiger partial charge in [0.1, 0.15) is 11.2 Å². The molecule has 3 aromatic heterocycles. The number of nitrogens with one attached hydrogen (secondary N) is 1. The summed E-state index contributed by atoms with van der Waals surface area (Å²) in [7, 11) is 0. The van der Waals surface area contributed by atoms with E-state index in [-0.39, 0.29) is 5.92 Å². The number of benzene rings is 6. The quantitative estimate of drug-likeness (QED) is 0.203. The number of anilines is 2. The number of fused-ring (bicyclic) bond motifs is 9. The zero-order valence-electron chi connectivity index (χ0n) is 28.5. The standard InChI is InChI=1S/C47H32N4O/c1-28-19-20-39-34(21-28)35-23-36-37-24-38-33-17-8-9-18-45(33)52-46(38)27-44(37)51(43(36)26-42(35)48-39)32-16-10-15-31(22-32)47-49-40(29-11-4-2-5-12-29)25-41(50-47)30-13-6-3-7-14-30/h2-22,24-27,36,48H,23H2,1H3. The summed E-state index contributed by atoms with van der Waals surface area (Å²) >= 11 is 0. The van der Waals surface area contributed by atoms with Crippen LogP contribution in [-0.2, 0) is 6.42 Å². The number of furan rings is 1. The number of hydrogen-bond donors (Lipinski definition) is 1. The monoisotopic (exact) mass is 668 g/mol. The van der Waals surface area contributed by atoms with Gasteiger partial charge in [0, 0.05) is 67.4 Å². The summed E-state index contributed by atoms with van der Waals surface area (Å²) in [5.41, 5.74) is 16.5. The van der Waals surface area contributed by atoms with Crippen molar-refractivity contribution in [2.75, 3.05) is 4.90 Å². The van der Waals surface area contributed by atoms with E-state index in [1.807, 2.05) is 18.2 Å². The van der Waals surface area contributed by atoms with Crippen molar-refractivity contribution in [2.24, 2.45) is 0 Å². The third-order valence-corrected chi connectivity index (χ3v) is 10.8. The van der Waals surface area contributed by atoms with E-state index in [0.29, 0.717) is 5.82 Å². The molecule has 1 unspecified atom stereocenters. The maximum absolute atomic E-state index is 6.46. The van der Waals surface area contributed by atoms with Crippen LogP contribution in [0.3, 0.4) is 0 Å². The van der Waals surface area contributed by atoms with Gasteiger partial charge in [-0.2, -0.15) is 0 Å². The molecule has 2 aliphatic rings. The Hall–Kier alpha value is -6.72. The van der Waals surface area contributed by atoms with Gasteiger partial charge >= 0.3 is 0 Å². The number of para-hydroxylation sites is 1. The zero-order valence-corrected chi connectivity index (χ0v) is 28.5. The van der Waals surface area contributed by atoms with Gasteiger partial charge in [0.15, 0.2) is 5.82 Å². The molecule has 0 saturated heterocycles. The first-order chi connectivity index (χ1) is 25.6. The minimum Gasteiger partial charge on any atom is -0.456 e. The van der Waals surface area contributed by atoms with Crippen molar-refractivity contribution in [1.29, 1.82) is 0 Å². The van der Waals surface area contributed by atoms with Gasteiger partial charge in [-0.05, 0) is 73.0 Å². The summed E-state index contributed by atoms with van der Waals surface area (Å²) in [6, 6.07) is 51.1. The van der Waals surface area contributed by atoms with Gasteiger partial charge in [0.25, 0.3) is 0 Å². The molecule has 6 aromatic carbocycles. The van der Waals surface area contributed by atoms with Crippen molar-refractivity contribution in [3.05, 3.63) is 174 Å². The summed E-state index contributed by atoms with van der Waals surface area (Å²) in [5, 5.41) is 3.62. The Morgan fingerprint density at radius 3 is 2.15 bits per heavy atom. The number of rotatable bonds is 4. The molecule has 0 spiro atoms. The third kappa shape index (κ3) is 4.49. The topological polar surface area (TPSA) is 58.0 Å². The molecular formula is C47H32N4O. The Kier molecular flexibility index (Phi) is 6.23. The Morgan fingerprint density at radius 1 is 0.635 bits per heavy atom. The second kappa shape index (κ2) is 11.1. The average Bonchev–Trinajstić information content (AvgIpc) is 3.84. The molecular weight excluding hydrogens is 637 g/mol. The van der Waals surface area contributed by atoms with Crippen LogP contribution in [0, 0.1) is 6.92 Å². The second-order valence-electron chi connectivity index (χ2n) is 14.0. The normalized spacial score (nSPS) is 14.8. The molecule has 0 radical (unpaired) electrons. The summed E-state index contributed by atoms with van der Waals surface area (Å²) < 4.78 is 6.46. The highest BCUT2D eigenvalue weighted by Crippen LogP contribution is 2.54. The van der Waals surface area contributed by atoms with E-state index < -0.39 is 0 Å². The van der Waals surface area contributed by atoms with Crippen LogP contribution in [0.15, 0.2) is 156 Å². The number of allylic oxidation sites excluding steroid dienone is 1. The highest BCUT2D eigenvalue weighted by Gasteiger charge is 2.39. The lowest BCUT2D eigenvalue weighted by Crippen LogP contribution is -2.17. The van der Waals surface area contributed by atoms with Crippen LogP contribution in [0.4, 0.5) is 11.4 Å². The molecule has 0 bridgehead atoms. The van der Waals surface area contributed by atoms with Crippen molar-refractivity contribution in [3.8, 4) is 33.9 Å². The highest BCUT2D eigenvalue weighted by molar-refractivity contribution is 6.07. The summed E-state index contributed by atoms with van der Waals surface area (Å²) in [6.07, 6.45) is 3.28. The average molecular weight is 669 g/mol. The van der Waals surface area contributed by atoms with E-state index in [4.69, 9.17) is 14.4 Å². The molecule has 1 aliphatic heterocycles. The van der Waals surface area contributed by atoms with E-state index in [0.717, 1.165) is 67.8 Å². The first-order valence-corrected chi connectivity index (χ1v) is 17.8. The number of H-pyrrole nitrogens is 1. The SMILES string of the molecule is Cc1ccc2[nH]c3c(c2c1)CC1C(=C3)N(c2cccc(-c3nc(-c4ccccc4)cc(-c4ccccc4)n3)c2)c2cc3oc4ccccc4c3cc21. The van der Waals surface area contributed by atoms with Crippen LogP contribution < -0.4 is 4.90 Å². The summed E-state index contributed by atoms with van der Waals surface area (Å²) in [4.78, 5) is 16.5. The Labute approximate surface area is 300 Å². The Balaban J connectivity index is 1.11. The fourth-order valence-electron chi connectivity index (χ4n) is 8.32. The fourth-order valence-corrected chi connectivity index (χ4v) is 8.32. The van der Waals surface area contributed by atoms with Gasteiger partial charge in [0.2, 0.25) is 0 Å². The van der Waals surface area contributed by atoms with Gasteiger partial charge in [0.05, 0.1) is 17.1 Å². The summed E-state index contributed by atoms with van der Waals surface area (Å²) in [5.74, 6) is 0.878. The maximum Gasteiger partial charge on any atom is 0.160 e. The Morgan fingerprint density at radius 2 is 1.37 bits per heavy atom. The molecule has 0 saturated carbocycles. The van der Waals surface area contributed by atoms with Gasteiger partial charge in [-0.15, -0.1) is 0 Å². The zero-order chi connectivity index (χ0) is 34.3. The van der Waals surface area contributed by atoms with E-state index in [2.05, 4.69) is 150 Å². The van der Waals surface area contributed by atoms with Crippen molar-refractivity contribution >= 4 is 50.3 Å². The van der Waals surface area contributed by atoms with E-state index in [9.17, 15) is 0 Å². The van der Waals surface area contributed by atoms with Crippen LogP contribution in [0.2, 0.25) is 0 Å². The van der Waals surface area contributed by atoms with Crippen molar-refractivity contribution in [2.45, 2.75) is 19.3 Å². The summed E-state index contributed by atoms with van der Waals surface area (Å²) in [6.45, 7) is 2.17. The van der Waals surface area contributed by atoms with Crippen molar-refractivity contribution < 1.29 is 4.42 Å². The largest absolute Gasteiger partial charge is 0.456 e. The highest BCUT2D eigenvalue weighted by atomic mass is 16.3. The van der Waals surface area contributed by atoms with Gasteiger partial charge in [-0.3, -0.25) is 0 Å². The molecule has 5 nitrogen and oxygen atoms in total. The molecule has 246 valence electrons. The minimum absolute atomic E-state index is 0.186. The van der Waals surface area contributed by atoms with Gasteiger partial charge < -0.3 is 14.3 Å². The fraction of sp³-hybridized carbons (Fsp3) is 0.0638. The minimum atomic E-state index is 0.186. The van der Waals surface area contributed by atoms with Gasteiger partial charge in [-0.1, -0.05) is 103 Å². The van der Waals surface area contributed by atoms with Crippen molar-refractivity contribution in [3.63, 3.8) is 0 Å². The molecule has 4 heterocycles. The number of nitrogens with zero attached hydrogens (tertiary/aromatic N) is 3. The number of aryl methyl sites for hydroxylation is 1. The Bertz CT molecular complexity index is 2840. The molecule has 0 fully saturated rings. The molecule has 1 atom stereocenters. The predicted octanol–water partition coefficient (Wildman–Crippen LogP) is 12.0. The van der Waals surface area contributed by atoms with Crippen LogP contribution in [-0.4, -0.2) is 15.0 Å². The van der Waals surface area contributed by atoms with Crippen LogP contribution >= 0.6 is 0 Å². The maximum atomic E-state index is 6.46. The predicted molar refractivity (Wildman–Crippen MR) is 212 cm³/mol. The lowest BCUT2D eigenvalue weighted by Gasteiger charge is -2.26. The molecule has 52 heavy (non-hydrogen) atoms. The lowest BCUT2D eigenvalue weighted by atomic mass is 9.85. The molecule has 1 aliphatic carbocycles. The second-order valence-corrected chi connectivity index (χ2v) is 14.0. The molecule has 5 heteroatoms. The van der Waals surface area contributed by atoms with Crippen LogP contribution in [0.5, 0.6) is 0 Å². The van der Waals surface area contributed by atoms with E-state index in [1.54, 1.807) is 0 Å². The van der Waals surface area contributed by atoms with E-state index in [1.165, 1.54) is 39.0 Å². The third-order valence-electron chi connectivity index (χ3n) is 10.8. The molecule has 0 amide bonds. The number of hydrogen-bond acceptors (Lipinski definition) is 4. The molecule has 9 aromatic rings. The lowest BCUT2D eigenvalue weighted by molar-refractivity contribution is 0.669. The van der Waals surface area contributed by atoms with Crippen LogP contribution in [0.1, 0.15) is 28.3 Å². The van der Waals surface area contributed by atoms with Gasteiger partial charge in [-0.25, -0.2) is 9.97 Å².